The molecule has 3 aromatic rings. The van der Waals surface area contributed by atoms with Crippen molar-refractivity contribution in [1.82, 2.24) is 15.0 Å². The molecule has 0 spiro atoms. The molecular formula is C17H15ClF2N4S. The second-order valence-corrected chi connectivity index (χ2v) is 7.82. The van der Waals surface area contributed by atoms with Crippen LogP contribution in [0.25, 0.3) is 21.8 Å². The second-order valence-electron chi connectivity index (χ2n) is 6.48. The van der Waals surface area contributed by atoms with Gasteiger partial charge in [0.05, 0.1) is 32.5 Å². The van der Waals surface area contributed by atoms with Crippen molar-refractivity contribution in [2.45, 2.75) is 26.2 Å². The van der Waals surface area contributed by atoms with E-state index in [1.165, 1.54) is 23.6 Å². The summed E-state index contributed by atoms with van der Waals surface area (Å²) < 4.78 is 29.0. The molecule has 2 N–H and O–H groups in total. The molecule has 130 valence electrons. The fourth-order valence-electron chi connectivity index (χ4n) is 2.23. The van der Waals surface area contributed by atoms with Crippen LogP contribution in [-0.2, 0) is 5.41 Å². The SMILES string of the molecule is CC(C)(C)c1nc(-c2c(F)ccc(N)c2F)c(-c2ccnc(Cl)n2)s1. The van der Waals surface area contributed by atoms with Gasteiger partial charge in [0.1, 0.15) is 5.82 Å². The van der Waals surface area contributed by atoms with E-state index in [4.69, 9.17) is 17.3 Å². The van der Waals surface area contributed by atoms with Gasteiger partial charge in [-0.25, -0.2) is 23.7 Å². The van der Waals surface area contributed by atoms with E-state index in [0.29, 0.717) is 15.6 Å². The number of nitrogens with two attached hydrogens (primary N) is 1. The highest BCUT2D eigenvalue weighted by Crippen LogP contribution is 2.42. The normalized spacial score (nSPS) is 11.8. The molecule has 0 aliphatic heterocycles. The summed E-state index contributed by atoms with van der Waals surface area (Å²) in [5, 5.41) is 0.760. The highest BCUT2D eigenvalue weighted by Gasteiger charge is 2.27. The zero-order chi connectivity index (χ0) is 18.4. The molecule has 3 rings (SSSR count). The van der Waals surface area contributed by atoms with E-state index >= 15 is 0 Å². The van der Waals surface area contributed by atoms with Crippen LogP contribution in [-0.4, -0.2) is 15.0 Å². The Kier molecular flexibility index (Phi) is 4.47. The quantitative estimate of drug-likeness (QED) is 0.497. The number of rotatable bonds is 2. The fourth-order valence-corrected chi connectivity index (χ4v) is 3.48. The van der Waals surface area contributed by atoms with Crippen LogP contribution in [0.3, 0.4) is 0 Å². The maximum atomic E-state index is 14.6. The van der Waals surface area contributed by atoms with Crippen LogP contribution < -0.4 is 5.73 Å². The summed E-state index contributed by atoms with van der Waals surface area (Å²) in [6.07, 6.45) is 1.48. The minimum atomic E-state index is -0.841. The maximum absolute atomic E-state index is 14.6. The minimum Gasteiger partial charge on any atom is -0.396 e. The number of halogens is 3. The van der Waals surface area contributed by atoms with Gasteiger partial charge in [-0.05, 0) is 29.8 Å². The maximum Gasteiger partial charge on any atom is 0.222 e. The Bertz CT molecular complexity index is 950. The van der Waals surface area contributed by atoms with E-state index in [1.807, 2.05) is 20.8 Å². The Hall–Kier alpha value is -2.12. The van der Waals surface area contributed by atoms with Gasteiger partial charge < -0.3 is 5.73 Å². The molecule has 0 unspecified atom stereocenters. The smallest absolute Gasteiger partial charge is 0.222 e. The first-order valence-corrected chi connectivity index (χ1v) is 8.62. The van der Waals surface area contributed by atoms with Crippen LogP contribution in [0.15, 0.2) is 24.4 Å². The Morgan fingerprint density at radius 1 is 1.12 bits per heavy atom. The molecule has 0 saturated heterocycles. The summed E-state index contributed by atoms with van der Waals surface area (Å²) in [5.74, 6) is -1.58. The lowest BCUT2D eigenvalue weighted by molar-refractivity contribution is 0.580. The third kappa shape index (κ3) is 3.34. The van der Waals surface area contributed by atoms with Crippen LogP contribution in [0.5, 0.6) is 0 Å². The topological polar surface area (TPSA) is 64.7 Å². The summed E-state index contributed by atoms with van der Waals surface area (Å²) in [4.78, 5) is 13.0. The molecule has 2 aromatic heterocycles. The molecule has 0 atom stereocenters. The minimum absolute atomic E-state index is 0.0441. The van der Waals surface area contributed by atoms with Crippen molar-refractivity contribution in [1.29, 1.82) is 0 Å². The second kappa shape index (κ2) is 6.31. The van der Waals surface area contributed by atoms with Gasteiger partial charge in [0.2, 0.25) is 5.28 Å². The fraction of sp³-hybridized carbons (Fsp3) is 0.235. The predicted molar refractivity (Wildman–Crippen MR) is 96.6 cm³/mol. The number of benzene rings is 1. The summed E-state index contributed by atoms with van der Waals surface area (Å²) in [6, 6.07) is 3.93. The third-order valence-electron chi connectivity index (χ3n) is 3.49. The van der Waals surface area contributed by atoms with Crippen LogP contribution in [0, 0.1) is 11.6 Å². The first-order valence-electron chi connectivity index (χ1n) is 7.42. The van der Waals surface area contributed by atoms with Gasteiger partial charge in [-0.15, -0.1) is 11.3 Å². The van der Waals surface area contributed by atoms with Crippen molar-refractivity contribution < 1.29 is 8.78 Å². The highest BCUT2D eigenvalue weighted by molar-refractivity contribution is 7.15. The molecule has 2 heterocycles. The standard InChI is InChI=1S/C17H15ClF2N4S/c1-17(2,3)15-24-13(11-8(19)4-5-9(21)12(11)20)14(25-15)10-6-7-22-16(18)23-10/h4-7H,21H2,1-3H3. The molecule has 8 heteroatoms. The van der Waals surface area contributed by atoms with Crippen LogP contribution in [0.1, 0.15) is 25.8 Å². The van der Waals surface area contributed by atoms with Crippen molar-refractivity contribution in [3.05, 3.63) is 46.3 Å². The number of hydrogen-bond donors (Lipinski definition) is 1. The molecule has 1 aromatic carbocycles. The Balaban J connectivity index is 2.33. The monoisotopic (exact) mass is 380 g/mol. The van der Waals surface area contributed by atoms with E-state index < -0.39 is 11.6 Å². The average Bonchev–Trinajstić information content (AvgIpc) is 2.97. The van der Waals surface area contributed by atoms with Gasteiger partial charge in [-0.3, -0.25) is 0 Å². The van der Waals surface area contributed by atoms with Gasteiger partial charge in [0.25, 0.3) is 0 Å². The van der Waals surface area contributed by atoms with E-state index in [9.17, 15) is 8.78 Å². The van der Waals surface area contributed by atoms with E-state index in [1.54, 1.807) is 6.07 Å². The zero-order valence-electron chi connectivity index (χ0n) is 13.8. The highest BCUT2D eigenvalue weighted by atomic mass is 35.5. The van der Waals surface area contributed by atoms with Crippen LogP contribution in [0.4, 0.5) is 14.5 Å². The van der Waals surface area contributed by atoms with E-state index in [2.05, 4.69) is 15.0 Å². The van der Waals surface area contributed by atoms with Crippen molar-refractivity contribution in [3.63, 3.8) is 0 Å². The molecule has 25 heavy (non-hydrogen) atoms. The van der Waals surface area contributed by atoms with Crippen molar-refractivity contribution in [2.75, 3.05) is 5.73 Å². The molecule has 0 fully saturated rings. The number of nitrogen functional groups attached to an aromatic ring is 1. The summed E-state index contributed by atoms with van der Waals surface area (Å²) in [7, 11) is 0. The largest absolute Gasteiger partial charge is 0.396 e. The van der Waals surface area contributed by atoms with Gasteiger partial charge in [0, 0.05) is 11.6 Å². The van der Waals surface area contributed by atoms with Crippen molar-refractivity contribution in [3.8, 4) is 21.8 Å². The Labute approximate surface area is 152 Å². The van der Waals surface area contributed by atoms with Gasteiger partial charge >= 0.3 is 0 Å². The number of anilines is 1. The first kappa shape index (κ1) is 17.7. The van der Waals surface area contributed by atoms with Gasteiger partial charge in [-0.1, -0.05) is 20.8 Å². The summed E-state index contributed by atoms with van der Waals surface area (Å²) in [6.45, 7) is 5.91. The molecule has 0 radical (unpaired) electrons. The van der Waals surface area contributed by atoms with Crippen molar-refractivity contribution >= 4 is 28.6 Å². The van der Waals surface area contributed by atoms with E-state index in [0.717, 1.165) is 6.07 Å². The number of aromatic nitrogens is 3. The van der Waals surface area contributed by atoms with Crippen molar-refractivity contribution in [2.24, 2.45) is 0 Å². The van der Waals surface area contributed by atoms with Crippen LogP contribution >= 0.6 is 22.9 Å². The molecule has 0 amide bonds. The number of nitrogens with zero attached hydrogens (tertiary/aromatic N) is 3. The molecular weight excluding hydrogens is 366 g/mol. The lowest BCUT2D eigenvalue weighted by atomic mass is 9.98. The number of thiazole rings is 1. The lowest BCUT2D eigenvalue weighted by Crippen LogP contribution is -2.10. The summed E-state index contributed by atoms with van der Waals surface area (Å²) in [5.41, 5.74) is 5.51. The molecule has 0 aliphatic rings. The lowest BCUT2D eigenvalue weighted by Gasteiger charge is -2.13. The molecule has 0 saturated carbocycles. The molecule has 4 nitrogen and oxygen atoms in total. The Morgan fingerprint density at radius 2 is 1.84 bits per heavy atom. The van der Waals surface area contributed by atoms with E-state index in [-0.39, 0.29) is 27.6 Å². The van der Waals surface area contributed by atoms with Gasteiger partial charge in [0.15, 0.2) is 5.82 Å². The molecule has 0 bridgehead atoms. The average molecular weight is 381 g/mol. The third-order valence-corrected chi connectivity index (χ3v) is 5.17. The predicted octanol–water partition coefficient (Wildman–Crippen LogP) is 5.08. The number of hydrogen-bond acceptors (Lipinski definition) is 5. The van der Waals surface area contributed by atoms with Crippen LogP contribution in [0.2, 0.25) is 5.28 Å². The summed E-state index contributed by atoms with van der Waals surface area (Å²) >= 11 is 7.18. The van der Waals surface area contributed by atoms with Gasteiger partial charge in [-0.2, -0.15) is 0 Å². The molecule has 0 aliphatic carbocycles. The Morgan fingerprint density at radius 3 is 2.48 bits per heavy atom. The zero-order valence-corrected chi connectivity index (χ0v) is 15.3. The first-order chi connectivity index (χ1) is 11.7.